The van der Waals surface area contributed by atoms with Crippen LogP contribution in [0.5, 0.6) is 0 Å². The zero-order valence-electron chi connectivity index (χ0n) is 7.79. The minimum Gasteiger partial charge on any atom is -0.304 e. The maximum absolute atomic E-state index is 5.11. The quantitative estimate of drug-likeness (QED) is 0.710. The molecule has 70 valence electrons. The lowest BCUT2D eigenvalue weighted by Gasteiger charge is -2.14. The molecule has 0 spiro atoms. The van der Waals surface area contributed by atoms with Crippen LogP contribution in [0.2, 0.25) is 0 Å². The third-order valence-corrected chi connectivity index (χ3v) is 2.72. The van der Waals surface area contributed by atoms with Crippen LogP contribution >= 0.6 is 0 Å². The van der Waals surface area contributed by atoms with E-state index in [9.17, 15) is 0 Å². The van der Waals surface area contributed by atoms with Gasteiger partial charge < -0.3 is 4.84 Å². The van der Waals surface area contributed by atoms with Crippen molar-refractivity contribution < 1.29 is 4.84 Å². The maximum atomic E-state index is 5.11. The lowest BCUT2D eigenvalue weighted by molar-refractivity contribution is 0.115. The molecule has 13 heavy (non-hydrogen) atoms. The number of rotatable bonds is 3. The van der Waals surface area contributed by atoms with Crippen LogP contribution in [0.25, 0.3) is 0 Å². The first kappa shape index (κ1) is 8.66. The van der Waals surface area contributed by atoms with E-state index in [2.05, 4.69) is 18.0 Å². The molecule has 3 nitrogen and oxygen atoms in total. The molecule has 0 amide bonds. The first-order chi connectivity index (χ1) is 6.28. The van der Waals surface area contributed by atoms with E-state index < -0.39 is 0 Å². The average molecular weight is 178 g/mol. The summed E-state index contributed by atoms with van der Waals surface area (Å²) in [5.41, 5.74) is 2.51. The Morgan fingerprint density at radius 2 is 2.38 bits per heavy atom. The van der Waals surface area contributed by atoms with Crippen molar-refractivity contribution in [3.63, 3.8) is 0 Å². The highest BCUT2D eigenvalue weighted by molar-refractivity contribution is 5.31. The van der Waals surface area contributed by atoms with Gasteiger partial charge >= 0.3 is 0 Å². The fourth-order valence-electron chi connectivity index (χ4n) is 1.80. The SMILES string of the molecule is Cc1cccnc1C1(CON)CC1. The number of hydrogen-bond donors (Lipinski definition) is 1. The molecule has 0 unspecified atom stereocenters. The topological polar surface area (TPSA) is 48.1 Å². The van der Waals surface area contributed by atoms with Crippen LogP contribution in [0.15, 0.2) is 18.3 Å². The molecule has 0 aromatic carbocycles. The van der Waals surface area contributed by atoms with Crippen LogP contribution in [-0.4, -0.2) is 11.6 Å². The molecule has 1 fully saturated rings. The molecule has 1 heterocycles. The first-order valence-electron chi connectivity index (χ1n) is 4.52. The highest BCUT2D eigenvalue weighted by atomic mass is 16.6. The lowest BCUT2D eigenvalue weighted by atomic mass is 9.99. The van der Waals surface area contributed by atoms with Crippen LogP contribution in [0.3, 0.4) is 0 Å². The van der Waals surface area contributed by atoms with E-state index >= 15 is 0 Å². The number of pyridine rings is 1. The van der Waals surface area contributed by atoms with Gasteiger partial charge in [0.05, 0.1) is 12.3 Å². The Labute approximate surface area is 77.9 Å². The zero-order chi connectivity index (χ0) is 9.31. The fraction of sp³-hybridized carbons (Fsp3) is 0.500. The summed E-state index contributed by atoms with van der Waals surface area (Å²) in [4.78, 5) is 9.13. The molecule has 1 aliphatic rings. The molecule has 1 saturated carbocycles. The molecule has 1 aromatic heterocycles. The summed E-state index contributed by atoms with van der Waals surface area (Å²) in [7, 11) is 0. The van der Waals surface area contributed by atoms with E-state index in [1.54, 1.807) is 0 Å². The van der Waals surface area contributed by atoms with Gasteiger partial charge in [-0.1, -0.05) is 6.07 Å². The van der Waals surface area contributed by atoms with E-state index in [0.717, 1.165) is 18.5 Å². The van der Waals surface area contributed by atoms with E-state index in [1.807, 2.05) is 12.3 Å². The second-order valence-corrected chi connectivity index (χ2v) is 3.76. The van der Waals surface area contributed by atoms with Crippen LogP contribution < -0.4 is 5.90 Å². The number of nitrogens with two attached hydrogens (primary N) is 1. The largest absolute Gasteiger partial charge is 0.304 e. The van der Waals surface area contributed by atoms with E-state index in [0.29, 0.717) is 6.61 Å². The van der Waals surface area contributed by atoms with Crippen LogP contribution in [0.4, 0.5) is 0 Å². The molecule has 0 aliphatic heterocycles. The van der Waals surface area contributed by atoms with E-state index in [-0.39, 0.29) is 5.41 Å². The molecule has 1 aliphatic carbocycles. The van der Waals surface area contributed by atoms with Gasteiger partial charge in [0.15, 0.2) is 0 Å². The van der Waals surface area contributed by atoms with Gasteiger partial charge in [0.25, 0.3) is 0 Å². The molecule has 0 saturated heterocycles. The minimum atomic E-state index is 0.125. The van der Waals surface area contributed by atoms with Crippen molar-refractivity contribution in [2.45, 2.75) is 25.2 Å². The molecule has 1 aromatic rings. The highest BCUT2D eigenvalue weighted by Crippen LogP contribution is 2.48. The summed E-state index contributed by atoms with van der Waals surface area (Å²) in [5.74, 6) is 5.11. The second-order valence-electron chi connectivity index (χ2n) is 3.76. The van der Waals surface area contributed by atoms with Gasteiger partial charge in [-0.2, -0.15) is 0 Å². The predicted octanol–water partition coefficient (Wildman–Crippen LogP) is 1.31. The van der Waals surface area contributed by atoms with Gasteiger partial charge in [-0.15, -0.1) is 0 Å². The van der Waals surface area contributed by atoms with Gasteiger partial charge in [-0.3, -0.25) is 4.98 Å². The smallest absolute Gasteiger partial charge is 0.0791 e. The molecule has 2 rings (SSSR count). The van der Waals surface area contributed by atoms with Gasteiger partial charge in [0.1, 0.15) is 0 Å². The average Bonchev–Trinajstić information content (AvgIpc) is 2.87. The van der Waals surface area contributed by atoms with Crippen molar-refractivity contribution in [3.05, 3.63) is 29.6 Å². The standard InChI is InChI=1S/C10H14N2O/c1-8-3-2-6-12-9(8)10(4-5-10)7-13-11/h2-3,6H,4-5,7,11H2,1H3. The van der Waals surface area contributed by atoms with Gasteiger partial charge in [0, 0.05) is 11.6 Å². The van der Waals surface area contributed by atoms with Crippen molar-refractivity contribution >= 4 is 0 Å². The van der Waals surface area contributed by atoms with Crippen molar-refractivity contribution in [3.8, 4) is 0 Å². The second kappa shape index (κ2) is 3.09. The van der Waals surface area contributed by atoms with Gasteiger partial charge in [-0.05, 0) is 31.4 Å². The lowest BCUT2D eigenvalue weighted by Crippen LogP contribution is -2.20. The van der Waals surface area contributed by atoms with E-state index in [4.69, 9.17) is 10.7 Å². The van der Waals surface area contributed by atoms with Crippen LogP contribution in [0.1, 0.15) is 24.1 Å². The third-order valence-electron chi connectivity index (χ3n) is 2.72. The number of aromatic nitrogens is 1. The molecular weight excluding hydrogens is 164 g/mol. The normalized spacial score (nSPS) is 18.6. The minimum absolute atomic E-state index is 0.125. The van der Waals surface area contributed by atoms with Gasteiger partial charge in [-0.25, -0.2) is 5.90 Å². The van der Waals surface area contributed by atoms with Crippen molar-refractivity contribution in [2.24, 2.45) is 5.90 Å². The number of nitrogens with zero attached hydrogens (tertiary/aromatic N) is 1. The first-order valence-corrected chi connectivity index (χ1v) is 4.52. The third kappa shape index (κ3) is 1.45. The molecule has 0 atom stereocenters. The van der Waals surface area contributed by atoms with Crippen molar-refractivity contribution in [1.29, 1.82) is 0 Å². The summed E-state index contributed by atoms with van der Waals surface area (Å²) in [6.07, 6.45) is 4.11. The Morgan fingerprint density at radius 1 is 1.62 bits per heavy atom. The molecular formula is C10H14N2O. The summed E-state index contributed by atoms with van der Waals surface area (Å²) in [6.45, 7) is 2.67. The van der Waals surface area contributed by atoms with Crippen LogP contribution in [-0.2, 0) is 10.3 Å². The Hall–Kier alpha value is -0.930. The maximum Gasteiger partial charge on any atom is 0.0791 e. The predicted molar refractivity (Wildman–Crippen MR) is 50.0 cm³/mol. The molecule has 2 N–H and O–H groups in total. The summed E-state index contributed by atoms with van der Waals surface area (Å²) in [6, 6.07) is 4.04. The Balaban J connectivity index is 2.30. The number of hydrogen-bond acceptors (Lipinski definition) is 3. The number of aryl methyl sites for hydroxylation is 1. The van der Waals surface area contributed by atoms with Crippen molar-refractivity contribution in [1.82, 2.24) is 4.98 Å². The Bertz CT molecular complexity index is 308. The summed E-state index contributed by atoms with van der Waals surface area (Å²) >= 11 is 0. The molecule has 0 radical (unpaired) electrons. The molecule has 3 heteroatoms. The Kier molecular flexibility index (Phi) is 2.06. The monoisotopic (exact) mass is 178 g/mol. The van der Waals surface area contributed by atoms with E-state index in [1.165, 1.54) is 5.56 Å². The summed E-state index contributed by atoms with van der Waals surface area (Å²) in [5, 5.41) is 0. The fourth-order valence-corrected chi connectivity index (χ4v) is 1.80. The highest BCUT2D eigenvalue weighted by Gasteiger charge is 2.46. The summed E-state index contributed by atoms with van der Waals surface area (Å²) < 4.78 is 0. The van der Waals surface area contributed by atoms with Crippen LogP contribution in [0, 0.1) is 6.92 Å². The van der Waals surface area contributed by atoms with Gasteiger partial charge in [0.2, 0.25) is 0 Å². The van der Waals surface area contributed by atoms with Crippen molar-refractivity contribution in [2.75, 3.05) is 6.61 Å². The zero-order valence-corrected chi connectivity index (χ0v) is 7.79. The Morgan fingerprint density at radius 3 is 2.92 bits per heavy atom. The molecule has 0 bridgehead atoms.